The number of ether oxygens (including phenoxy) is 1. The Morgan fingerprint density at radius 2 is 1.90 bits per heavy atom. The molecule has 3 N–H and O–H groups in total. The second-order valence-corrected chi connectivity index (χ2v) is 10.3. The minimum atomic E-state index is -0.823. The van der Waals surface area contributed by atoms with E-state index in [0.717, 1.165) is 37.7 Å². The Labute approximate surface area is 174 Å². The van der Waals surface area contributed by atoms with Crippen LogP contribution in [0.15, 0.2) is 23.3 Å². The maximum Gasteiger partial charge on any atom is 0.309 e. The summed E-state index contributed by atoms with van der Waals surface area (Å²) in [6.07, 6.45) is 10.6. The van der Waals surface area contributed by atoms with Crippen molar-refractivity contribution in [3.8, 4) is 0 Å². The number of aliphatic hydroxyl groups excluding tert-OH is 2. The molecule has 0 unspecified atom stereocenters. The van der Waals surface area contributed by atoms with Gasteiger partial charge in [0.05, 0.1) is 30.3 Å². The fourth-order valence-corrected chi connectivity index (χ4v) is 5.66. The summed E-state index contributed by atoms with van der Waals surface area (Å²) in [6.45, 7) is 5.95. The van der Waals surface area contributed by atoms with E-state index in [9.17, 15) is 20.1 Å². The molecule has 0 bridgehead atoms. The van der Waals surface area contributed by atoms with Crippen molar-refractivity contribution in [1.82, 2.24) is 0 Å². The zero-order valence-electron chi connectivity index (χ0n) is 18.2. The van der Waals surface area contributed by atoms with Crippen molar-refractivity contribution in [2.75, 3.05) is 6.61 Å². The van der Waals surface area contributed by atoms with Crippen LogP contribution >= 0.6 is 0 Å². The molecular weight excluding hydrogens is 368 g/mol. The van der Waals surface area contributed by atoms with E-state index in [4.69, 9.17) is 4.74 Å². The fourth-order valence-electron chi connectivity index (χ4n) is 5.66. The van der Waals surface area contributed by atoms with Gasteiger partial charge in [0.25, 0.3) is 0 Å². The first-order valence-electron chi connectivity index (χ1n) is 11.2. The molecule has 0 aromatic rings. The molecule has 0 spiro atoms. The van der Waals surface area contributed by atoms with Crippen molar-refractivity contribution in [2.24, 2.45) is 17.3 Å². The standard InChI is InChI=1S/C24H38O5/c1-23(2,28)11-12-29-22(27)21-9-8-20-17(5-4-10-24(20,21)3)7-6-16-13-18(25)15-19(26)14-16/h6-7,18-21,25-26,28H,4-5,8-15H2,1-3H3/b17-7+/t18-,19-,20+,21-,24+/m1/s1. The lowest BCUT2D eigenvalue weighted by atomic mass is 9.63. The lowest BCUT2D eigenvalue weighted by molar-refractivity contribution is -0.154. The lowest BCUT2D eigenvalue weighted by Crippen LogP contribution is -2.38. The summed E-state index contributed by atoms with van der Waals surface area (Å²) < 4.78 is 5.54. The smallest absolute Gasteiger partial charge is 0.309 e. The van der Waals surface area contributed by atoms with Crippen LogP contribution in [0.4, 0.5) is 0 Å². The maximum atomic E-state index is 12.8. The van der Waals surface area contributed by atoms with Gasteiger partial charge in [-0.25, -0.2) is 0 Å². The Morgan fingerprint density at radius 1 is 1.21 bits per heavy atom. The van der Waals surface area contributed by atoms with Crippen molar-refractivity contribution >= 4 is 5.97 Å². The van der Waals surface area contributed by atoms with Crippen molar-refractivity contribution in [2.45, 2.75) is 96.4 Å². The van der Waals surface area contributed by atoms with Gasteiger partial charge in [0.2, 0.25) is 0 Å². The topological polar surface area (TPSA) is 87.0 Å². The van der Waals surface area contributed by atoms with Crippen LogP contribution in [0, 0.1) is 17.3 Å². The van der Waals surface area contributed by atoms with Gasteiger partial charge in [-0.15, -0.1) is 0 Å². The highest BCUT2D eigenvalue weighted by molar-refractivity contribution is 5.74. The van der Waals surface area contributed by atoms with Crippen LogP contribution in [0.2, 0.25) is 0 Å². The van der Waals surface area contributed by atoms with E-state index in [2.05, 4.69) is 19.1 Å². The zero-order chi connectivity index (χ0) is 21.2. The third-order valence-corrected chi connectivity index (χ3v) is 7.28. The number of fused-ring (bicyclic) bond motifs is 1. The molecule has 3 saturated carbocycles. The van der Waals surface area contributed by atoms with E-state index < -0.39 is 17.8 Å². The van der Waals surface area contributed by atoms with Gasteiger partial charge >= 0.3 is 5.97 Å². The number of aliphatic hydroxyl groups is 3. The van der Waals surface area contributed by atoms with Gasteiger partial charge in [-0.3, -0.25) is 4.79 Å². The number of carbonyl (C=O) groups excluding carboxylic acids is 1. The molecule has 5 atom stereocenters. The third-order valence-electron chi connectivity index (χ3n) is 7.28. The molecule has 0 heterocycles. The number of esters is 1. The molecule has 0 aromatic heterocycles. The van der Waals surface area contributed by atoms with Crippen molar-refractivity contribution in [3.05, 3.63) is 23.3 Å². The van der Waals surface area contributed by atoms with Crippen LogP contribution in [0.1, 0.15) is 78.6 Å². The quantitative estimate of drug-likeness (QED) is 0.607. The Kier molecular flexibility index (Phi) is 6.91. The minimum Gasteiger partial charge on any atom is -0.465 e. The number of hydrogen-bond donors (Lipinski definition) is 3. The van der Waals surface area contributed by atoms with E-state index in [0.29, 0.717) is 31.6 Å². The summed E-state index contributed by atoms with van der Waals surface area (Å²) >= 11 is 0. The number of allylic oxidation sites excluding steroid dienone is 3. The number of hydrogen-bond acceptors (Lipinski definition) is 5. The third kappa shape index (κ3) is 5.50. The fraction of sp³-hybridized carbons (Fsp3) is 0.792. The van der Waals surface area contributed by atoms with Gasteiger partial charge in [-0.2, -0.15) is 0 Å². The molecule has 5 nitrogen and oxygen atoms in total. The van der Waals surface area contributed by atoms with Gasteiger partial charge < -0.3 is 20.1 Å². The average molecular weight is 407 g/mol. The largest absolute Gasteiger partial charge is 0.465 e. The molecule has 0 aliphatic heterocycles. The van der Waals surface area contributed by atoms with Gasteiger partial charge in [0.15, 0.2) is 0 Å². The number of carbonyl (C=O) groups is 1. The molecule has 0 radical (unpaired) electrons. The van der Waals surface area contributed by atoms with Crippen LogP contribution in [-0.2, 0) is 9.53 Å². The molecule has 3 aliphatic carbocycles. The average Bonchev–Trinajstić information content (AvgIpc) is 2.95. The van der Waals surface area contributed by atoms with E-state index in [1.165, 1.54) is 5.57 Å². The lowest BCUT2D eigenvalue weighted by Gasteiger charge is -2.41. The molecule has 164 valence electrons. The van der Waals surface area contributed by atoms with E-state index >= 15 is 0 Å². The van der Waals surface area contributed by atoms with Gasteiger partial charge in [-0.05, 0) is 76.5 Å². The van der Waals surface area contributed by atoms with Crippen LogP contribution < -0.4 is 0 Å². The summed E-state index contributed by atoms with van der Waals surface area (Å²) in [5.41, 5.74) is 1.61. The molecule has 0 amide bonds. The molecule has 3 fully saturated rings. The summed E-state index contributed by atoms with van der Waals surface area (Å²) in [4.78, 5) is 12.8. The Bertz CT molecular complexity index is 647. The van der Waals surface area contributed by atoms with Crippen LogP contribution in [0.5, 0.6) is 0 Å². The van der Waals surface area contributed by atoms with E-state index in [1.54, 1.807) is 13.8 Å². The Morgan fingerprint density at radius 3 is 2.55 bits per heavy atom. The molecular formula is C24H38O5. The highest BCUT2D eigenvalue weighted by Gasteiger charge is 2.52. The molecule has 3 rings (SSSR count). The second-order valence-electron chi connectivity index (χ2n) is 10.3. The minimum absolute atomic E-state index is 0.0694. The zero-order valence-corrected chi connectivity index (χ0v) is 18.2. The van der Waals surface area contributed by atoms with Gasteiger partial charge in [-0.1, -0.05) is 30.2 Å². The van der Waals surface area contributed by atoms with E-state index in [-0.39, 0.29) is 23.9 Å². The predicted molar refractivity (Wildman–Crippen MR) is 112 cm³/mol. The Balaban J connectivity index is 1.67. The van der Waals surface area contributed by atoms with Crippen molar-refractivity contribution in [1.29, 1.82) is 0 Å². The summed E-state index contributed by atoms with van der Waals surface area (Å²) in [5.74, 6) is 0.194. The summed E-state index contributed by atoms with van der Waals surface area (Å²) in [5, 5.41) is 29.6. The normalized spacial score (nSPS) is 36.8. The van der Waals surface area contributed by atoms with Crippen LogP contribution in [-0.4, -0.2) is 45.7 Å². The number of rotatable bonds is 5. The highest BCUT2D eigenvalue weighted by atomic mass is 16.5. The molecule has 0 saturated heterocycles. The monoisotopic (exact) mass is 406 g/mol. The summed E-state index contributed by atoms with van der Waals surface area (Å²) in [6, 6.07) is 0. The van der Waals surface area contributed by atoms with Crippen LogP contribution in [0.3, 0.4) is 0 Å². The van der Waals surface area contributed by atoms with Gasteiger partial charge in [0, 0.05) is 6.42 Å². The first kappa shape index (κ1) is 22.5. The molecule has 0 aromatic carbocycles. The second kappa shape index (κ2) is 8.91. The maximum absolute atomic E-state index is 12.8. The predicted octanol–water partition coefficient (Wildman–Crippen LogP) is 3.67. The van der Waals surface area contributed by atoms with Crippen molar-refractivity contribution < 1.29 is 24.9 Å². The molecule has 3 aliphatic rings. The molecule has 29 heavy (non-hydrogen) atoms. The summed E-state index contributed by atoms with van der Waals surface area (Å²) in [7, 11) is 0. The van der Waals surface area contributed by atoms with Crippen molar-refractivity contribution in [3.63, 3.8) is 0 Å². The first-order valence-corrected chi connectivity index (χ1v) is 11.2. The first-order chi connectivity index (χ1) is 13.6. The van der Waals surface area contributed by atoms with Crippen LogP contribution in [0.25, 0.3) is 0 Å². The SMILES string of the molecule is CC(C)(O)CCOC(=O)[C@H]1CC[C@H]2/C(=C/C=C3C[C@@H](O)C[C@H](O)C3)CCC[C@]12C. The van der Waals surface area contributed by atoms with Gasteiger partial charge in [0.1, 0.15) is 0 Å². The highest BCUT2D eigenvalue weighted by Crippen LogP contribution is 2.57. The molecule has 5 heteroatoms. The van der Waals surface area contributed by atoms with E-state index in [1.807, 2.05) is 0 Å². The Hall–Kier alpha value is -1.17.